The fraction of sp³-hybridized carbons (Fsp3) is 0.167. The lowest BCUT2D eigenvalue weighted by Gasteiger charge is -2.25. The Kier molecular flexibility index (Phi) is 5.75. The molecule has 0 radical (unpaired) electrons. The second kappa shape index (κ2) is 8.46. The van der Waals surface area contributed by atoms with Crippen molar-refractivity contribution in [3.05, 3.63) is 92.8 Å². The number of benzene rings is 2. The van der Waals surface area contributed by atoms with E-state index in [1.807, 2.05) is 72.7 Å². The summed E-state index contributed by atoms with van der Waals surface area (Å²) in [4.78, 5) is 31.2. The first-order valence-electron chi connectivity index (χ1n) is 9.73. The molecule has 0 unspecified atom stereocenters. The molecule has 0 aliphatic carbocycles. The molecule has 0 N–H and O–H groups in total. The van der Waals surface area contributed by atoms with Crippen molar-refractivity contribution in [1.82, 2.24) is 4.90 Å². The summed E-state index contributed by atoms with van der Waals surface area (Å²) < 4.78 is 0. The lowest BCUT2D eigenvalue weighted by atomic mass is 10.1. The number of carbonyl (C=O) groups excluding carboxylic acids is 2. The molecular formula is C24H21ClN2O2S. The maximum absolute atomic E-state index is 13.6. The Bertz CT molecular complexity index is 1120. The molecule has 4 rings (SSSR count). The molecule has 0 saturated carbocycles. The third-order valence-electron chi connectivity index (χ3n) is 5.15. The number of hydrogen-bond donors (Lipinski definition) is 0. The van der Waals surface area contributed by atoms with Crippen LogP contribution in [-0.2, 0) is 16.1 Å². The van der Waals surface area contributed by atoms with Crippen LogP contribution in [0, 0.1) is 6.92 Å². The van der Waals surface area contributed by atoms with E-state index in [2.05, 4.69) is 0 Å². The molecule has 0 saturated heterocycles. The van der Waals surface area contributed by atoms with Crippen LogP contribution in [0.2, 0.25) is 5.02 Å². The number of anilines is 1. The van der Waals surface area contributed by atoms with Crippen LogP contribution in [0.5, 0.6) is 0 Å². The quantitative estimate of drug-likeness (QED) is 0.478. The van der Waals surface area contributed by atoms with Gasteiger partial charge in [-0.2, -0.15) is 0 Å². The van der Waals surface area contributed by atoms with E-state index in [4.69, 9.17) is 11.6 Å². The highest BCUT2D eigenvalue weighted by Crippen LogP contribution is 2.38. The van der Waals surface area contributed by atoms with Crippen LogP contribution in [-0.4, -0.2) is 23.3 Å². The predicted molar refractivity (Wildman–Crippen MR) is 122 cm³/mol. The SMILES string of the molecule is CCN(Cc1ccccc1)C1=C(c2cccs2)C(=O)N(c2cc(Cl)ccc2C)C1=O. The fourth-order valence-electron chi connectivity index (χ4n) is 3.65. The van der Waals surface area contributed by atoms with Crippen LogP contribution in [0.3, 0.4) is 0 Å². The van der Waals surface area contributed by atoms with E-state index in [1.165, 1.54) is 16.2 Å². The second-order valence-electron chi connectivity index (χ2n) is 7.08. The highest BCUT2D eigenvalue weighted by Gasteiger charge is 2.43. The Hall–Kier alpha value is -2.89. The summed E-state index contributed by atoms with van der Waals surface area (Å²) in [6.45, 7) is 5.01. The number of hydrogen-bond acceptors (Lipinski definition) is 4. The molecule has 30 heavy (non-hydrogen) atoms. The highest BCUT2D eigenvalue weighted by molar-refractivity contribution is 7.11. The van der Waals surface area contributed by atoms with Crippen molar-refractivity contribution < 1.29 is 9.59 Å². The first-order valence-corrected chi connectivity index (χ1v) is 11.0. The molecule has 0 bridgehead atoms. The number of amides is 2. The summed E-state index contributed by atoms with van der Waals surface area (Å²) in [5.41, 5.74) is 3.31. The molecule has 152 valence electrons. The summed E-state index contributed by atoms with van der Waals surface area (Å²) in [5, 5.41) is 2.40. The maximum Gasteiger partial charge on any atom is 0.282 e. The van der Waals surface area contributed by atoms with E-state index >= 15 is 0 Å². The molecule has 2 aromatic carbocycles. The Morgan fingerprint density at radius 1 is 1.00 bits per heavy atom. The minimum absolute atomic E-state index is 0.311. The molecular weight excluding hydrogens is 416 g/mol. The van der Waals surface area contributed by atoms with Crippen LogP contribution >= 0.6 is 22.9 Å². The van der Waals surface area contributed by atoms with Gasteiger partial charge in [0, 0.05) is 23.0 Å². The number of thiophene rings is 1. The average molecular weight is 437 g/mol. The van der Waals surface area contributed by atoms with Gasteiger partial charge in [0.15, 0.2) is 0 Å². The smallest absolute Gasteiger partial charge is 0.282 e. The largest absolute Gasteiger partial charge is 0.362 e. The molecule has 0 fully saturated rings. The first kappa shape index (κ1) is 20.4. The van der Waals surface area contributed by atoms with E-state index in [0.29, 0.717) is 35.1 Å². The zero-order valence-electron chi connectivity index (χ0n) is 16.8. The fourth-order valence-corrected chi connectivity index (χ4v) is 4.58. The molecule has 0 spiro atoms. The number of imide groups is 1. The van der Waals surface area contributed by atoms with Crippen LogP contribution in [0.15, 0.2) is 71.7 Å². The topological polar surface area (TPSA) is 40.6 Å². The van der Waals surface area contributed by atoms with Gasteiger partial charge in [0.25, 0.3) is 11.8 Å². The molecule has 4 nitrogen and oxygen atoms in total. The number of nitrogens with zero attached hydrogens (tertiary/aromatic N) is 2. The summed E-state index contributed by atoms with van der Waals surface area (Å²) in [5.74, 6) is -0.624. The van der Waals surface area contributed by atoms with Gasteiger partial charge in [-0.3, -0.25) is 9.59 Å². The molecule has 2 amide bonds. The van der Waals surface area contributed by atoms with Gasteiger partial charge in [-0.25, -0.2) is 4.90 Å². The third kappa shape index (κ3) is 3.66. The molecule has 6 heteroatoms. The Morgan fingerprint density at radius 2 is 1.77 bits per heavy atom. The minimum atomic E-state index is -0.313. The van der Waals surface area contributed by atoms with Crippen LogP contribution in [0.4, 0.5) is 5.69 Å². The molecule has 1 aliphatic heterocycles. The lowest BCUT2D eigenvalue weighted by Crippen LogP contribution is -2.35. The van der Waals surface area contributed by atoms with Crippen LogP contribution < -0.4 is 4.90 Å². The van der Waals surface area contributed by atoms with Gasteiger partial charge in [-0.1, -0.05) is 54.1 Å². The molecule has 1 aliphatic rings. The van der Waals surface area contributed by atoms with E-state index < -0.39 is 0 Å². The predicted octanol–water partition coefficient (Wildman–Crippen LogP) is 5.52. The summed E-state index contributed by atoms with van der Waals surface area (Å²) >= 11 is 7.65. The van der Waals surface area contributed by atoms with Gasteiger partial charge in [0.1, 0.15) is 5.70 Å². The van der Waals surface area contributed by atoms with Gasteiger partial charge in [0.2, 0.25) is 0 Å². The maximum atomic E-state index is 13.6. The van der Waals surface area contributed by atoms with Crippen molar-refractivity contribution in [2.75, 3.05) is 11.4 Å². The standard InChI is InChI=1S/C24H21ClN2O2S/c1-3-26(15-17-8-5-4-6-9-17)22-21(20-10-7-13-30-20)23(28)27(24(22)29)19-14-18(25)12-11-16(19)2/h4-14H,3,15H2,1-2H3. The lowest BCUT2D eigenvalue weighted by molar-refractivity contribution is -0.120. The van der Waals surface area contributed by atoms with Gasteiger partial charge in [0.05, 0.1) is 11.3 Å². The number of aryl methyl sites for hydroxylation is 1. The third-order valence-corrected chi connectivity index (χ3v) is 6.28. The first-order chi connectivity index (χ1) is 14.5. The van der Waals surface area contributed by atoms with E-state index in [-0.39, 0.29) is 11.8 Å². The summed E-state index contributed by atoms with van der Waals surface area (Å²) in [7, 11) is 0. The molecule has 2 heterocycles. The highest BCUT2D eigenvalue weighted by atomic mass is 35.5. The van der Waals surface area contributed by atoms with Crippen molar-refractivity contribution in [3.8, 4) is 0 Å². The van der Waals surface area contributed by atoms with E-state index in [0.717, 1.165) is 16.0 Å². The summed E-state index contributed by atoms with van der Waals surface area (Å²) in [6, 6.07) is 19.0. The van der Waals surface area contributed by atoms with E-state index in [9.17, 15) is 9.59 Å². The van der Waals surface area contributed by atoms with Crippen molar-refractivity contribution >= 4 is 46.0 Å². The van der Waals surface area contributed by atoms with Crippen molar-refractivity contribution in [3.63, 3.8) is 0 Å². The molecule has 0 atom stereocenters. The van der Waals surface area contributed by atoms with Gasteiger partial charge < -0.3 is 4.90 Å². The number of halogens is 1. The number of carbonyl (C=O) groups is 2. The normalized spacial score (nSPS) is 14.0. The van der Waals surface area contributed by atoms with Crippen molar-refractivity contribution in [1.29, 1.82) is 0 Å². The Morgan fingerprint density at radius 3 is 2.43 bits per heavy atom. The summed E-state index contributed by atoms with van der Waals surface area (Å²) in [6.07, 6.45) is 0. The average Bonchev–Trinajstić information content (AvgIpc) is 3.35. The van der Waals surface area contributed by atoms with Gasteiger partial charge in [-0.15, -0.1) is 11.3 Å². The van der Waals surface area contributed by atoms with Gasteiger partial charge in [-0.05, 0) is 48.6 Å². The Labute approximate surface area is 185 Å². The van der Waals surface area contributed by atoms with E-state index in [1.54, 1.807) is 12.1 Å². The molecule has 1 aromatic heterocycles. The monoisotopic (exact) mass is 436 g/mol. The van der Waals surface area contributed by atoms with Crippen LogP contribution in [0.25, 0.3) is 5.57 Å². The zero-order valence-corrected chi connectivity index (χ0v) is 18.3. The van der Waals surface area contributed by atoms with Gasteiger partial charge >= 0.3 is 0 Å². The Balaban J connectivity index is 1.83. The number of rotatable bonds is 6. The van der Waals surface area contributed by atoms with Crippen LogP contribution in [0.1, 0.15) is 22.9 Å². The number of likely N-dealkylation sites (N-methyl/N-ethyl adjacent to an activating group) is 1. The van der Waals surface area contributed by atoms with Crippen molar-refractivity contribution in [2.45, 2.75) is 20.4 Å². The zero-order chi connectivity index (χ0) is 21.3. The molecule has 3 aromatic rings. The second-order valence-corrected chi connectivity index (χ2v) is 8.46. The minimum Gasteiger partial charge on any atom is -0.362 e. The van der Waals surface area contributed by atoms with Crippen molar-refractivity contribution in [2.24, 2.45) is 0 Å².